The molecule has 5 aromatic heterocycles. The molecule has 0 bridgehead atoms. The number of nitrogens with one attached hydrogen (secondary N) is 3. The van der Waals surface area contributed by atoms with Crippen LogP contribution in [0.1, 0.15) is 19.8 Å². The van der Waals surface area contributed by atoms with Gasteiger partial charge in [-0.15, -0.1) is 0 Å². The summed E-state index contributed by atoms with van der Waals surface area (Å²) in [5, 5.41) is 11.0. The van der Waals surface area contributed by atoms with Gasteiger partial charge in [-0.25, -0.2) is 19.3 Å². The number of carbonyl (C=O) groups excluding carboxylic acids is 1. The first-order valence-corrected chi connectivity index (χ1v) is 12.3. The monoisotopic (exact) mass is 522 g/mol. The van der Waals surface area contributed by atoms with Gasteiger partial charge in [0.1, 0.15) is 17.3 Å². The van der Waals surface area contributed by atoms with E-state index < -0.39 is 5.82 Å². The summed E-state index contributed by atoms with van der Waals surface area (Å²) in [5.74, 6) is 0.456. The summed E-state index contributed by atoms with van der Waals surface area (Å²) in [6.07, 6.45) is 7.86. The van der Waals surface area contributed by atoms with E-state index >= 15 is 0 Å². The Morgan fingerprint density at radius 3 is 2.74 bits per heavy atom. The summed E-state index contributed by atoms with van der Waals surface area (Å²) in [6.45, 7) is 1.95. The van der Waals surface area contributed by atoms with Crippen molar-refractivity contribution in [2.45, 2.75) is 19.8 Å². The number of carbonyl (C=O) groups is 1. The fraction of sp³-hybridized carbons (Fsp3) is 0.143. The van der Waals surface area contributed by atoms with Gasteiger partial charge in [-0.2, -0.15) is 5.10 Å². The van der Waals surface area contributed by atoms with Gasteiger partial charge < -0.3 is 15.0 Å². The number of rotatable bonds is 7. The van der Waals surface area contributed by atoms with Gasteiger partial charge in [0, 0.05) is 47.8 Å². The van der Waals surface area contributed by atoms with Crippen LogP contribution in [0.15, 0.2) is 61.2 Å². The number of amides is 1. The van der Waals surface area contributed by atoms with Gasteiger partial charge >= 0.3 is 0 Å². The molecule has 39 heavy (non-hydrogen) atoms. The van der Waals surface area contributed by atoms with Crippen molar-refractivity contribution in [3.05, 3.63) is 67.0 Å². The fourth-order valence-corrected chi connectivity index (χ4v) is 4.46. The molecular weight excluding hydrogens is 499 g/mol. The minimum absolute atomic E-state index is 0.0586. The Morgan fingerprint density at radius 1 is 1.03 bits per heavy atom. The Kier molecular flexibility index (Phi) is 6.16. The van der Waals surface area contributed by atoms with Crippen molar-refractivity contribution >= 4 is 33.8 Å². The van der Waals surface area contributed by atoms with Crippen LogP contribution in [0.3, 0.4) is 0 Å². The molecule has 0 saturated carbocycles. The highest BCUT2D eigenvalue weighted by atomic mass is 19.1. The predicted octanol–water partition coefficient (Wildman–Crippen LogP) is 5.51. The van der Waals surface area contributed by atoms with Gasteiger partial charge in [0.05, 0.1) is 29.9 Å². The van der Waals surface area contributed by atoms with E-state index in [2.05, 4.69) is 40.4 Å². The zero-order valence-electron chi connectivity index (χ0n) is 21.1. The van der Waals surface area contributed by atoms with Crippen molar-refractivity contribution in [2.24, 2.45) is 0 Å². The van der Waals surface area contributed by atoms with Crippen LogP contribution >= 0.6 is 0 Å². The van der Waals surface area contributed by atoms with Gasteiger partial charge in [0.2, 0.25) is 5.91 Å². The number of nitrogens with zero attached hydrogens (tertiary/aromatic N) is 5. The highest BCUT2D eigenvalue weighted by Crippen LogP contribution is 2.33. The average molecular weight is 523 g/mol. The lowest BCUT2D eigenvalue weighted by Gasteiger charge is -2.07. The quantitative estimate of drug-likeness (QED) is 0.252. The molecule has 11 heteroatoms. The van der Waals surface area contributed by atoms with Crippen molar-refractivity contribution in [3.63, 3.8) is 0 Å². The van der Waals surface area contributed by atoms with Crippen LogP contribution in [0.25, 0.3) is 56.0 Å². The molecule has 0 atom stereocenters. The summed E-state index contributed by atoms with van der Waals surface area (Å²) in [4.78, 5) is 33.2. The Bertz CT molecular complexity index is 1840. The molecular formula is C28H23FN8O2. The fourth-order valence-electron chi connectivity index (χ4n) is 4.46. The zero-order chi connectivity index (χ0) is 26.9. The molecule has 194 valence electrons. The first-order valence-electron chi connectivity index (χ1n) is 12.3. The topological polar surface area (TPSA) is 134 Å². The van der Waals surface area contributed by atoms with E-state index in [1.54, 1.807) is 36.9 Å². The van der Waals surface area contributed by atoms with Gasteiger partial charge in [0.25, 0.3) is 0 Å². The number of hydrogen-bond donors (Lipinski definition) is 3. The number of methoxy groups -OCH3 is 1. The molecule has 0 saturated heterocycles. The number of pyridine rings is 3. The number of benzene rings is 1. The van der Waals surface area contributed by atoms with Crippen LogP contribution in [0.5, 0.6) is 5.75 Å². The van der Waals surface area contributed by atoms with Crippen molar-refractivity contribution < 1.29 is 13.9 Å². The lowest BCUT2D eigenvalue weighted by molar-refractivity contribution is -0.116. The summed E-state index contributed by atoms with van der Waals surface area (Å²) in [7, 11) is 1.50. The molecule has 5 heterocycles. The largest absolute Gasteiger partial charge is 0.497 e. The van der Waals surface area contributed by atoms with Crippen LogP contribution in [0.2, 0.25) is 0 Å². The molecule has 0 aliphatic carbocycles. The Morgan fingerprint density at radius 2 is 1.90 bits per heavy atom. The number of hydrogen-bond acceptors (Lipinski definition) is 7. The highest BCUT2D eigenvalue weighted by molar-refractivity contribution is 5.96. The molecule has 0 aliphatic rings. The van der Waals surface area contributed by atoms with Crippen molar-refractivity contribution in [2.75, 3.05) is 12.4 Å². The Balaban J connectivity index is 1.40. The Hall–Kier alpha value is -5.19. The number of H-pyrrole nitrogens is 2. The van der Waals surface area contributed by atoms with Crippen LogP contribution in [0, 0.1) is 5.82 Å². The maximum Gasteiger partial charge on any atom is 0.224 e. The first kappa shape index (κ1) is 24.2. The van der Waals surface area contributed by atoms with Gasteiger partial charge in [-0.3, -0.25) is 14.9 Å². The number of fused-ring (bicyclic) bond motifs is 2. The maximum absolute atomic E-state index is 14.2. The Labute approximate surface area is 221 Å². The molecule has 0 spiro atoms. The van der Waals surface area contributed by atoms with Crippen LogP contribution < -0.4 is 10.1 Å². The number of halogens is 1. The SMILES string of the molecule is CCCC(=O)Nc1cncc(-c2cnc3n[nH]c(-c4nc5nccc(-c6cc(F)cc(OC)c6)c5[nH]4)c3c2)c1. The van der Waals surface area contributed by atoms with Crippen LogP contribution in [-0.4, -0.2) is 48.1 Å². The second kappa shape index (κ2) is 9.93. The van der Waals surface area contributed by atoms with Gasteiger partial charge in [0.15, 0.2) is 17.1 Å². The number of anilines is 1. The molecule has 0 fully saturated rings. The van der Waals surface area contributed by atoms with E-state index in [0.29, 0.717) is 51.8 Å². The standard InChI is InChI=1S/C28H23FN8O2/c1-3-4-23(38)33-19-8-16(12-30-14-19)17-10-22-25(36-37-26(22)32-13-17)28-34-24-21(5-6-31-27(24)35-28)15-7-18(29)11-20(9-15)39-2/h5-14H,3-4H2,1-2H3,(H,33,38)(H,31,34,35)(H,32,36,37). The molecule has 10 nitrogen and oxygen atoms in total. The van der Waals surface area contributed by atoms with E-state index in [9.17, 15) is 9.18 Å². The van der Waals surface area contributed by atoms with Gasteiger partial charge in [-0.1, -0.05) is 6.92 Å². The van der Waals surface area contributed by atoms with Crippen LogP contribution in [-0.2, 0) is 4.79 Å². The first-order chi connectivity index (χ1) is 19.0. The normalized spacial score (nSPS) is 11.3. The minimum Gasteiger partial charge on any atom is -0.497 e. The maximum atomic E-state index is 14.2. The third-order valence-corrected chi connectivity index (χ3v) is 6.29. The molecule has 6 aromatic rings. The van der Waals surface area contributed by atoms with E-state index in [1.165, 1.54) is 19.2 Å². The number of imidazole rings is 1. The molecule has 1 amide bonds. The van der Waals surface area contributed by atoms with Crippen LogP contribution in [0.4, 0.5) is 10.1 Å². The summed E-state index contributed by atoms with van der Waals surface area (Å²) < 4.78 is 19.5. The van der Waals surface area contributed by atoms with E-state index in [-0.39, 0.29) is 5.91 Å². The number of ether oxygens (including phenoxy) is 1. The molecule has 3 N–H and O–H groups in total. The second-order valence-electron chi connectivity index (χ2n) is 8.98. The van der Waals surface area contributed by atoms with E-state index in [1.807, 2.05) is 19.1 Å². The number of aromatic nitrogens is 7. The molecule has 0 radical (unpaired) electrons. The van der Waals surface area contributed by atoms with Crippen molar-refractivity contribution in [3.8, 4) is 39.5 Å². The van der Waals surface area contributed by atoms with Crippen molar-refractivity contribution in [1.29, 1.82) is 0 Å². The molecule has 1 aromatic carbocycles. The third-order valence-electron chi connectivity index (χ3n) is 6.29. The lowest BCUT2D eigenvalue weighted by atomic mass is 10.1. The average Bonchev–Trinajstić information content (AvgIpc) is 3.56. The number of aromatic amines is 2. The summed E-state index contributed by atoms with van der Waals surface area (Å²) >= 11 is 0. The van der Waals surface area contributed by atoms with Crippen molar-refractivity contribution in [1.82, 2.24) is 35.1 Å². The van der Waals surface area contributed by atoms with Gasteiger partial charge in [-0.05, 0) is 42.3 Å². The van der Waals surface area contributed by atoms with E-state index in [0.717, 1.165) is 28.5 Å². The lowest BCUT2D eigenvalue weighted by Crippen LogP contribution is -2.10. The summed E-state index contributed by atoms with van der Waals surface area (Å²) in [6, 6.07) is 10.1. The zero-order valence-corrected chi connectivity index (χ0v) is 21.1. The molecule has 0 unspecified atom stereocenters. The third kappa shape index (κ3) is 4.65. The highest BCUT2D eigenvalue weighted by Gasteiger charge is 2.17. The second-order valence-corrected chi connectivity index (χ2v) is 8.98. The molecule has 6 rings (SSSR count). The summed E-state index contributed by atoms with van der Waals surface area (Å²) in [5.41, 5.74) is 5.81. The predicted molar refractivity (Wildman–Crippen MR) is 145 cm³/mol. The minimum atomic E-state index is -0.407. The molecule has 0 aliphatic heterocycles. The smallest absolute Gasteiger partial charge is 0.224 e. The van der Waals surface area contributed by atoms with E-state index in [4.69, 9.17) is 4.74 Å².